The Morgan fingerprint density at radius 2 is 2.17 bits per heavy atom. The van der Waals surface area contributed by atoms with E-state index in [0.29, 0.717) is 12.0 Å². The van der Waals surface area contributed by atoms with E-state index in [1.54, 1.807) is 0 Å². The van der Waals surface area contributed by atoms with Crippen LogP contribution in [0, 0.1) is 19.8 Å². The van der Waals surface area contributed by atoms with Crippen LogP contribution in [-0.2, 0) is 13.6 Å². The average Bonchev–Trinajstić information content (AvgIpc) is 3.07. The molecule has 0 radical (unpaired) electrons. The molecule has 0 aromatic carbocycles. The van der Waals surface area contributed by atoms with Gasteiger partial charge in [0.2, 0.25) is 0 Å². The van der Waals surface area contributed by atoms with Crippen LogP contribution in [0.5, 0.6) is 0 Å². The van der Waals surface area contributed by atoms with E-state index < -0.39 is 0 Å². The second-order valence-corrected chi connectivity index (χ2v) is 6.69. The van der Waals surface area contributed by atoms with Crippen LogP contribution in [0.15, 0.2) is 17.0 Å². The van der Waals surface area contributed by atoms with Crippen molar-refractivity contribution in [3.05, 3.63) is 35.2 Å². The molecule has 1 N–H and O–H groups in total. The Hall–Kier alpha value is -1.66. The zero-order valence-electron chi connectivity index (χ0n) is 14.5. The first-order chi connectivity index (χ1) is 11.1. The second kappa shape index (κ2) is 6.84. The van der Waals surface area contributed by atoms with Crippen molar-refractivity contribution in [2.75, 3.05) is 20.1 Å². The van der Waals surface area contributed by atoms with Crippen molar-refractivity contribution in [1.82, 2.24) is 24.9 Å². The molecule has 1 saturated heterocycles. The number of likely N-dealkylation sites (tertiary alicyclic amines) is 1. The zero-order chi connectivity index (χ0) is 16.4. The van der Waals surface area contributed by atoms with Crippen LogP contribution >= 0.6 is 0 Å². The van der Waals surface area contributed by atoms with Crippen LogP contribution < -0.4 is 5.32 Å². The Bertz CT molecular complexity index is 628. The summed E-state index contributed by atoms with van der Waals surface area (Å²) in [5.41, 5.74) is 3.47. The molecule has 6 heteroatoms. The molecule has 1 aliphatic rings. The highest BCUT2D eigenvalue weighted by molar-refractivity contribution is 5.20. The van der Waals surface area contributed by atoms with Crippen LogP contribution in [0.25, 0.3) is 0 Å². The summed E-state index contributed by atoms with van der Waals surface area (Å²) < 4.78 is 7.39. The number of imidazole rings is 1. The number of aromatic nitrogens is 3. The first-order valence-corrected chi connectivity index (χ1v) is 8.37. The highest BCUT2D eigenvalue weighted by Crippen LogP contribution is 2.34. The molecule has 0 saturated carbocycles. The summed E-state index contributed by atoms with van der Waals surface area (Å²) >= 11 is 0. The molecule has 2 aromatic rings. The topological polar surface area (TPSA) is 59.1 Å². The van der Waals surface area contributed by atoms with Gasteiger partial charge in [-0.05, 0) is 46.2 Å². The fourth-order valence-corrected chi connectivity index (χ4v) is 3.73. The predicted molar refractivity (Wildman–Crippen MR) is 89.0 cm³/mol. The number of hydrogen-bond donors (Lipinski definition) is 1. The van der Waals surface area contributed by atoms with Gasteiger partial charge in [-0.2, -0.15) is 0 Å². The highest BCUT2D eigenvalue weighted by atomic mass is 16.5. The van der Waals surface area contributed by atoms with Gasteiger partial charge in [-0.15, -0.1) is 0 Å². The molecule has 23 heavy (non-hydrogen) atoms. The zero-order valence-corrected chi connectivity index (χ0v) is 14.5. The van der Waals surface area contributed by atoms with Gasteiger partial charge in [0.25, 0.3) is 0 Å². The van der Waals surface area contributed by atoms with Crippen molar-refractivity contribution < 1.29 is 4.52 Å². The lowest BCUT2D eigenvalue weighted by Crippen LogP contribution is -2.41. The molecular formula is C17H27N5O. The quantitative estimate of drug-likeness (QED) is 0.916. The van der Waals surface area contributed by atoms with E-state index in [0.717, 1.165) is 31.1 Å². The molecule has 1 aliphatic heterocycles. The van der Waals surface area contributed by atoms with Crippen LogP contribution in [0.2, 0.25) is 0 Å². The minimum absolute atomic E-state index is 0.424. The molecule has 126 valence electrons. The number of hydrogen-bond acceptors (Lipinski definition) is 5. The van der Waals surface area contributed by atoms with E-state index in [1.807, 2.05) is 26.4 Å². The molecule has 0 spiro atoms. The Balaban J connectivity index is 1.66. The number of nitrogens with one attached hydrogen (secondary N) is 1. The number of piperidine rings is 1. The van der Waals surface area contributed by atoms with E-state index in [9.17, 15) is 0 Å². The molecule has 0 aliphatic carbocycles. The van der Waals surface area contributed by atoms with E-state index in [1.165, 1.54) is 24.1 Å². The van der Waals surface area contributed by atoms with Gasteiger partial charge in [0, 0.05) is 31.9 Å². The summed E-state index contributed by atoms with van der Waals surface area (Å²) in [5.74, 6) is 1.50. The van der Waals surface area contributed by atoms with Gasteiger partial charge in [-0.1, -0.05) is 5.16 Å². The number of aryl methyl sites for hydroxylation is 3. The van der Waals surface area contributed by atoms with Gasteiger partial charge >= 0.3 is 0 Å². The lowest BCUT2D eigenvalue weighted by atomic mass is 9.87. The van der Waals surface area contributed by atoms with E-state index >= 15 is 0 Å². The normalized spacial score (nSPS) is 22.6. The smallest absolute Gasteiger partial charge is 0.138 e. The maximum Gasteiger partial charge on any atom is 0.138 e. The summed E-state index contributed by atoms with van der Waals surface area (Å²) in [6, 6.07) is 0.424. The summed E-state index contributed by atoms with van der Waals surface area (Å²) in [4.78, 5) is 6.77. The van der Waals surface area contributed by atoms with Crippen molar-refractivity contribution in [2.24, 2.45) is 13.0 Å². The molecule has 0 amide bonds. The van der Waals surface area contributed by atoms with Crippen molar-refractivity contribution in [3.8, 4) is 0 Å². The van der Waals surface area contributed by atoms with Gasteiger partial charge in [0.15, 0.2) is 0 Å². The summed E-state index contributed by atoms with van der Waals surface area (Å²) in [6.45, 7) is 6.93. The fraction of sp³-hybridized carbons (Fsp3) is 0.647. The molecular weight excluding hydrogens is 290 g/mol. The maximum absolute atomic E-state index is 5.24. The van der Waals surface area contributed by atoms with Gasteiger partial charge in [0.1, 0.15) is 5.76 Å². The van der Waals surface area contributed by atoms with Crippen molar-refractivity contribution in [1.29, 1.82) is 0 Å². The lowest BCUT2D eigenvalue weighted by molar-refractivity contribution is 0.113. The SMILES string of the molecule is Cc1noc(C)c1CNC[C@@H]1CCCN(C)[C@H]1c1cncn1C. The van der Waals surface area contributed by atoms with Gasteiger partial charge in [-0.25, -0.2) is 4.98 Å². The maximum atomic E-state index is 5.24. The monoisotopic (exact) mass is 317 g/mol. The minimum atomic E-state index is 0.424. The Labute approximate surface area is 137 Å². The highest BCUT2D eigenvalue weighted by Gasteiger charge is 2.32. The van der Waals surface area contributed by atoms with E-state index in [2.05, 4.69) is 39.0 Å². The van der Waals surface area contributed by atoms with Crippen molar-refractivity contribution in [3.63, 3.8) is 0 Å². The van der Waals surface area contributed by atoms with Crippen LogP contribution in [0.4, 0.5) is 0 Å². The second-order valence-electron chi connectivity index (χ2n) is 6.69. The van der Waals surface area contributed by atoms with Gasteiger partial charge in [-0.3, -0.25) is 4.90 Å². The summed E-state index contributed by atoms with van der Waals surface area (Å²) in [5, 5.41) is 7.64. The number of nitrogens with zero attached hydrogens (tertiary/aromatic N) is 4. The van der Waals surface area contributed by atoms with E-state index in [-0.39, 0.29) is 0 Å². The van der Waals surface area contributed by atoms with Gasteiger partial charge < -0.3 is 14.4 Å². The van der Waals surface area contributed by atoms with Crippen LogP contribution in [0.3, 0.4) is 0 Å². The largest absolute Gasteiger partial charge is 0.361 e. The summed E-state index contributed by atoms with van der Waals surface area (Å²) in [7, 11) is 4.30. The molecule has 0 unspecified atom stereocenters. The molecule has 6 nitrogen and oxygen atoms in total. The standard InChI is InChI=1S/C17H27N5O/c1-12-15(13(2)23-20-12)9-18-8-14-6-5-7-21(3)17(14)16-10-19-11-22(16)4/h10-11,14,17-18H,5-9H2,1-4H3/t14-,17+/m0/s1. The first-order valence-electron chi connectivity index (χ1n) is 8.37. The Morgan fingerprint density at radius 1 is 1.35 bits per heavy atom. The molecule has 2 atom stereocenters. The molecule has 2 aromatic heterocycles. The molecule has 1 fully saturated rings. The Kier molecular flexibility index (Phi) is 4.82. The summed E-state index contributed by atoms with van der Waals surface area (Å²) in [6.07, 6.45) is 6.40. The third-order valence-corrected chi connectivity index (χ3v) is 5.05. The average molecular weight is 317 g/mol. The van der Waals surface area contributed by atoms with Crippen LogP contribution in [-0.4, -0.2) is 39.7 Å². The predicted octanol–water partition coefficient (Wildman–Crippen LogP) is 2.20. The Morgan fingerprint density at radius 3 is 2.83 bits per heavy atom. The van der Waals surface area contributed by atoms with E-state index in [4.69, 9.17) is 4.52 Å². The molecule has 3 rings (SSSR count). The fourth-order valence-electron chi connectivity index (χ4n) is 3.73. The number of rotatable bonds is 5. The van der Waals surface area contributed by atoms with Crippen LogP contribution in [0.1, 0.15) is 41.6 Å². The molecule has 3 heterocycles. The van der Waals surface area contributed by atoms with Crippen molar-refractivity contribution >= 4 is 0 Å². The van der Waals surface area contributed by atoms with Crippen molar-refractivity contribution in [2.45, 2.75) is 39.3 Å². The third-order valence-electron chi connectivity index (χ3n) is 5.05. The van der Waals surface area contributed by atoms with Gasteiger partial charge in [0.05, 0.1) is 23.8 Å². The first kappa shape index (κ1) is 16.2. The minimum Gasteiger partial charge on any atom is -0.361 e. The lowest BCUT2D eigenvalue weighted by Gasteiger charge is -2.39. The third kappa shape index (κ3) is 3.33. The molecule has 0 bridgehead atoms.